The number of rotatable bonds is 3. The average molecular weight is 375 g/mol. The summed E-state index contributed by atoms with van der Waals surface area (Å²) in [6.07, 6.45) is -0.791. The summed E-state index contributed by atoms with van der Waals surface area (Å²) in [6, 6.07) is 1.85. The van der Waals surface area contributed by atoms with Crippen LogP contribution < -0.4 is 0 Å². The van der Waals surface area contributed by atoms with E-state index < -0.39 is 24.9 Å². The molecule has 6 nitrogen and oxygen atoms in total. The zero-order valence-electron chi connectivity index (χ0n) is 14.5. The highest BCUT2D eigenvalue weighted by Gasteiger charge is 2.30. The van der Waals surface area contributed by atoms with Gasteiger partial charge in [-0.2, -0.15) is 13.2 Å². The van der Waals surface area contributed by atoms with Crippen LogP contribution in [0.15, 0.2) is 24.5 Å². The number of aromatic amines is 1. The van der Waals surface area contributed by atoms with Crippen LogP contribution in [0.25, 0.3) is 27.5 Å². The Morgan fingerprint density at radius 1 is 1.33 bits per heavy atom. The van der Waals surface area contributed by atoms with Gasteiger partial charge in [0.15, 0.2) is 5.65 Å². The lowest BCUT2D eigenvalue weighted by atomic mass is 10.1. The Labute approximate surface area is 152 Å². The van der Waals surface area contributed by atoms with Crippen molar-refractivity contribution < 1.29 is 18.0 Å². The van der Waals surface area contributed by atoms with Crippen LogP contribution in [0.1, 0.15) is 24.4 Å². The van der Waals surface area contributed by atoms with Crippen LogP contribution >= 0.6 is 0 Å². The molecule has 1 N–H and O–H groups in total. The molecule has 0 spiro atoms. The van der Waals surface area contributed by atoms with Crippen molar-refractivity contribution in [2.75, 3.05) is 13.1 Å². The third kappa shape index (κ3) is 3.36. The first-order valence-corrected chi connectivity index (χ1v) is 8.46. The molecule has 1 aliphatic heterocycles. The molecule has 27 heavy (non-hydrogen) atoms. The van der Waals surface area contributed by atoms with Crippen LogP contribution in [-0.2, 0) is 4.79 Å². The van der Waals surface area contributed by atoms with Gasteiger partial charge in [-0.05, 0) is 18.6 Å². The third-order valence-electron chi connectivity index (χ3n) is 4.56. The molecule has 0 saturated carbocycles. The zero-order valence-corrected chi connectivity index (χ0v) is 14.5. The highest BCUT2D eigenvalue weighted by molar-refractivity contribution is 6.08. The van der Waals surface area contributed by atoms with E-state index in [0.717, 1.165) is 21.9 Å². The molecule has 1 aliphatic rings. The number of pyridine rings is 1. The van der Waals surface area contributed by atoms with Gasteiger partial charge >= 0.3 is 6.18 Å². The lowest BCUT2D eigenvalue weighted by Gasteiger charge is -2.17. The zero-order chi connectivity index (χ0) is 19.2. The van der Waals surface area contributed by atoms with Gasteiger partial charge in [-0.3, -0.25) is 4.79 Å². The number of hydrogen-bond acceptors (Lipinski definition) is 4. The molecule has 4 heterocycles. The molecule has 0 fully saturated rings. The highest BCUT2D eigenvalue weighted by Crippen LogP contribution is 2.31. The van der Waals surface area contributed by atoms with Gasteiger partial charge in [0.2, 0.25) is 5.91 Å². The van der Waals surface area contributed by atoms with Gasteiger partial charge in [0.25, 0.3) is 0 Å². The summed E-state index contributed by atoms with van der Waals surface area (Å²) < 4.78 is 37.1. The quantitative estimate of drug-likeness (QED) is 0.762. The smallest absolute Gasteiger partial charge is 0.342 e. The maximum Gasteiger partial charge on any atom is 0.389 e. The fraction of sp³-hybridized carbons (Fsp3) is 0.333. The van der Waals surface area contributed by atoms with Crippen molar-refractivity contribution in [2.24, 2.45) is 0 Å². The van der Waals surface area contributed by atoms with Crippen molar-refractivity contribution in [1.82, 2.24) is 24.8 Å². The molecule has 140 valence electrons. The van der Waals surface area contributed by atoms with Crippen molar-refractivity contribution in [3.63, 3.8) is 0 Å². The van der Waals surface area contributed by atoms with Gasteiger partial charge in [-0.15, -0.1) is 0 Å². The van der Waals surface area contributed by atoms with Crippen LogP contribution in [0.5, 0.6) is 0 Å². The van der Waals surface area contributed by atoms with Crippen molar-refractivity contribution >= 4 is 33.4 Å². The summed E-state index contributed by atoms with van der Waals surface area (Å²) in [6.45, 7) is 2.33. The Kier molecular flexibility index (Phi) is 4.09. The van der Waals surface area contributed by atoms with Crippen LogP contribution in [-0.4, -0.2) is 50.0 Å². The fourth-order valence-corrected chi connectivity index (χ4v) is 3.31. The minimum Gasteiger partial charge on any atom is -0.342 e. The number of nitrogens with zero attached hydrogens (tertiary/aromatic N) is 4. The first-order chi connectivity index (χ1) is 12.8. The SMILES string of the molecule is Cc1nc(C2=CCN(C(=O)CCC(F)(F)F)C2)c2c(cnc3nccc32)[nH]1. The van der Waals surface area contributed by atoms with Gasteiger partial charge in [0.1, 0.15) is 5.82 Å². The Bertz CT molecular complexity index is 1070. The van der Waals surface area contributed by atoms with E-state index in [9.17, 15) is 18.0 Å². The molecule has 0 aromatic carbocycles. The van der Waals surface area contributed by atoms with Gasteiger partial charge in [0.05, 0.1) is 23.8 Å². The Hall–Kier alpha value is -2.97. The number of carbonyl (C=O) groups is 1. The van der Waals surface area contributed by atoms with Crippen molar-refractivity contribution in [3.8, 4) is 0 Å². The fourth-order valence-electron chi connectivity index (χ4n) is 3.31. The van der Waals surface area contributed by atoms with Crippen LogP contribution in [0, 0.1) is 6.92 Å². The van der Waals surface area contributed by atoms with E-state index in [-0.39, 0.29) is 13.1 Å². The van der Waals surface area contributed by atoms with Gasteiger partial charge in [0, 0.05) is 36.5 Å². The summed E-state index contributed by atoms with van der Waals surface area (Å²) >= 11 is 0. The molecule has 0 atom stereocenters. The maximum absolute atomic E-state index is 12.4. The van der Waals surface area contributed by atoms with Crippen molar-refractivity contribution in [1.29, 1.82) is 0 Å². The van der Waals surface area contributed by atoms with Gasteiger partial charge < -0.3 is 9.88 Å². The molecular formula is C18H16F3N5O. The molecule has 4 rings (SSSR count). The summed E-state index contributed by atoms with van der Waals surface area (Å²) in [4.78, 5) is 29.8. The number of aryl methyl sites for hydroxylation is 1. The number of nitrogens with one attached hydrogen (secondary N) is 1. The third-order valence-corrected chi connectivity index (χ3v) is 4.56. The van der Waals surface area contributed by atoms with E-state index in [1.54, 1.807) is 12.4 Å². The molecule has 0 radical (unpaired) electrons. The second kappa shape index (κ2) is 6.33. The van der Waals surface area contributed by atoms with E-state index in [1.807, 2.05) is 19.1 Å². The number of H-pyrrole nitrogens is 1. The Morgan fingerprint density at radius 2 is 2.15 bits per heavy atom. The lowest BCUT2D eigenvalue weighted by molar-refractivity contribution is -0.148. The van der Waals surface area contributed by atoms with E-state index in [1.165, 1.54) is 4.90 Å². The van der Waals surface area contributed by atoms with Crippen molar-refractivity contribution in [3.05, 3.63) is 36.1 Å². The molecule has 0 saturated heterocycles. The standard InChI is InChI=1S/C18H16F3N5O/c1-10-24-13-8-23-17-12(3-6-22-17)15(13)16(25-10)11-4-7-26(9-11)14(27)2-5-18(19,20)21/h3-4,6,8H,2,5,7,9H2,1H3,(H,24,25). The molecule has 0 bridgehead atoms. The van der Waals surface area contributed by atoms with Crippen LogP contribution in [0.4, 0.5) is 13.2 Å². The first-order valence-electron chi connectivity index (χ1n) is 8.46. The maximum atomic E-state index is 12.4. The second-order valence-corrected chi connectivity index (χ2v) is 6.52. The average Bonchev–Trinajstić information content (AvgIpc) is 3.27. The normalized spacial score (nSPS) is 15.0. The number of halogens is 3. The monoisotopic (exact) mass is 375 g/mol. The summed E-state index contributed by atoms with van der Waals surface area (Å²) in [7, 11) is 0. The van der Waals surface area contributed by atoms with Gasteiger partial charge in [-0.25, -0.2) is 15.0 Å². The summed E-state index contributed by atoms with van der Waals surface area (Å²) in [5.41, 5.74) is 2.90. The van der Waals surface area contributed by atoms with E-state index in [4.69, 9.17) is 0 Å². The van der Waals surface area contributed by atoms with Crippen LogP contribution in [0.2, 0.25) is 0 Å². The Morgan fingerprint density at radius 3 is 2.93 bits per heavy atom. The predicted octanol–water partition coefficient (Wildman–Crippen LogP) is 3.38. The van der Waals surface area contributed by atoms with E-state index in [0.29, 0.717) is 17.2 Å². The molecule has 0 aliphatic carbocycles. The number of amides is 1. The number of carbonyl (C=O) groups excluding carboxylic acids is 1. The van der Waals surface area contributed by atoms with Crippen LogP contribution in [0.3, 0.4) is 0 Å². The highest BCUT2D eigenvalue weighted by atomic mass is 19.4. The first kappa shape index (κ1) is 17.4. The number of hydrogen-bond donors (Lipinski definition) is 1. The van der Waals surface area contributed by atoms with Crippen molar-refractivity contribution in [2.45, 2.75) is 25.9 Å². The molecule has 3 aromatic rings. The topological polar surface area (TPSA) is 74.8 Å². The predicted molar refractivity (Wildman–Crippen MR) is 93.8 cm³/mol. The Balaban J connectivity index is 1.65. The number of aromatic nitrogens is 4. The minimum atomic E-state index is -4.33. The van der Waals surface area contributed by atoms with E-state index >= 15 is 0 Å². The number of fused-ring (bicyclic) bond motifs is 3. The largest absolute Gasteiger partial charge is 0.389 e. The molecule has 3 aromatic heterocycles. The molecule has 1 amide bonds. The minimum absolute atomic E-state index is 0.236. The number of alkyl halides is 3. The summed E-state index contributed by atoms with van der Waals surface area (Å²) in [5, 5.41) is 1.69. The van der Waals surface area contributed by atoms with E-state index in [2.05, 4.69) is 19.9 Å². The molecule has 9 heteroatoms. The summed E-state index contributed by atoms with van der Waals surface area (Å²) in [5.74, 6) is 0.171. The molecular weight excluding hydrogens is 359 g/mol. The van der Waals surface area contributed by atoms with Gasteiger partial charge in [-0.1, -0.05) is 6.08 Å². The molecule has 0 unspecified atom stereocenters. The lowest BCUT2D eigenvalue weighted by Crippen LogP contribution is -2.29. The second-order valence-electron chi connectivity index (χ2n) is 6.52.